The summed E-state index contributed by atoms with van der Waals surface area (Å²) in [6, 6.07) is 19.1. The van der Waals surface area contributed by atoms with E-state index in [1.54, 1.807) is 12.1 Å². The van der Waals surface area contributed by atoms with Gasteiger partial charge < -0.3 is 9.88 Å². The third-order valence-corrected chi connectivity index (χ3v) is 7.04. The number of aromatic nitrogens is 2. The Balaban J connectivity index is 1.45. The molecular weight excluding hydrogens is 436 g/mol. The topological polar surface area (TPSA) is 93.1 Å². The van der Waals surface area contributed by atoms with Gasteiger partial charge in [-0.15, -0.1) is 0 Å². The first-order chi connectivity index (χ1) is 15.8. The molecule has 0 spiro atoms. The molecule has 0 aliphatic carbocycles. The van der Waals surface area contributed by atoms with Crippen LogP contribution >= 0.6 is 0 Å². The Labute approximate surface area is 193 Å². The lowest BCUT2D eigenvalue weighted by atomic mass is 10.1. The van der Waals surface area contributed by atoms with Gasteiger partial charge in [0.05, 0.1) is 22.5 Å². The maximum atomic E-state index is 12.7. The molecule has 0 radical (unpaired) electrons. The zero-order valence-electron chi connectivity index (χ0n) is 18.8. The number of nitrogens with zero attached hydrogens (tertiary/aromatic N) is 2. The second-order valence-electron chi connectivity index (χ2n) is 7.87. The van der Waals surface area contributed by atoms with Crippen molar-refractivity contribution in [1.82, 2.24) is 14.9 Å². The highest BCUT2D eigenvalue weighted by atomic mass is 32.2. The molecular formula is C25H26N4O3S. The van der Waals surface area contributed by atoms with Gasteiger partial charge in [-0.05, 0) is 80.4 Å². The monoisotopic (exact) mass is 462 g/mol. The molecule has 1 amide bonds. The van der Waals surface area contributed by atoms with Crippen LogP contribution in [0.4, 0.5) is 5.69 Å². The van der Waals surface area contributed by atoms with Crippen molar-refractivity contribution >= 4 is 32.7 Å². The van der Waals surface area contributed by atoms with Crippen molar-refractivity contribution < 1.29 is 13.2 Å². The van der Waals surface area contributed by atoms with E-state index in [1.165, 1.54) is 24.3 Å². The lowest BCUT2D eigenvalue weighted by Gasteiger charge is -2.11. The quantitative estimate of drug-likeness (QED) is 0.426. The predicted molar refractivity (Wildman–Crippen MR) is 130 cm³/mol. The zero-order chi connectivity index (χ0) is 23.6. The Morgan fingerprint density at radius 1 is 0.970 bits per heavy atom. The number of sulfonamides is 1. The van der Waals surface area contributed by atoms with E-state index in [-0.39, 0.29) is 17.3 Å². The number of imidazole rings is 1. The number of anilines is 1. The molecule has 0 fully saturated rings. The van der Waals surface area contributed by atoms with Crippen LogP contribution in [0.25, 0.3) is 11.0 Å². The van der Waals surface area contributed by atoms with Crippen LogP contribution in [0.2, 0.25) is 0 Å². The van der Waals surface area contributed by atoms with Crippen molar-refractivity contribution in [2.45, 2.75) is 38.8 Å². The molecule has 33 heavy (non-hydrogen) atoms. The summed E-state index contributed by atoms with van der Waals surface area (Å²) < 4.78 is 30.1. The minimum absolute atomic E-state index is 0.0880. The van der Waals surface area contributed by atoms with Crippen molar-refractivity contribution in [3.63, 3.8) is 0 Å². The lowest BCUT2D eigenvalue weighted by Crippen LogP contribution is -2.24. The highest BCUT2D eigenvalue weighted by Crippen LogP contribution is 2.20. The summed E-state index contributed by atoms with van der Waals surface area (Å²) in [6.07, 6.45) is 0. The van der Waals surface area contributed by atoms with Gasteiger partial charge in [0.2, 0.25) is 0 Å². The fraction of sp³-hybridized carbons (Fsp3) is 0.200. The lowest BCUT2D eigenvalue weighted by molar-refractivity contribution is 0.0949. The molecule has 7 nitrogen and oxygen atoms in total. The third kappa shape index (κ3) is 4.75. The van der Waals surface area contributed by atoms with Crippen LogP contribution in [0.1, 0.15) is 34.2 Å². The van der Waals surface area contributed by atoms with Gasteiger partial charge in [0.15, 0.2) is 0 Å². The number of para-hydroxylation sites is 2. The van der Waals surface area contributed by atoms with Crippen molar-refractivity contribution in [2.24, 2.45) is 0 Å². The van der Waals surface area contributed by atoms with E-state index in [2.05, 4.69) is 19.6 Å². The molecule has 4 aromatic rings. The van der Waals surface area contributed by atoms with Gasteiger partial charge >= 0.3 is 0 Å². The number of nitrogens with one attached hydrogen (secondary N) is 2. The van der Waals surface area contributed by atoms with E-state index in [0.717, 1.165) is 34.5 Å². The minimum Gasteiger partial charge on any atom is -0.345 e. The van der Waals surface area contributed by atoms with Crippen LogP contribution in [0.5, 0.6) is 0 Å². The average Bonchev–Trinajstić information content (AvgIpc) is 3.17. The van der Waals surface area contributed by atoms with E-state index in [0.29, 0.717) is 11.3 Å². The minimum atomic E-state index is -3.76. The highest BCUT2D eigenvalue weighted by Gasteiger charge is 2.16. The Bertz CT molecular complexity index is 1420. The van der Waals surface area contributed by atoms with Gasteiger partial charge in [-0.1, -0.05) is 18.2 Å². The molecule has 0 saturated carbocycles. The number of carbonyl (C=O) groups excluding carboxylic acids is 1. The van der Waals surface area contributed by atoms with Crippen molar-refractivity contribution in [1.29, 1.82) is 0 Å². The molecule has 1 heterocycles. The standard InChI is InChI=1S/C25H26N4O3S/c1-4-29-23-8-6-5-7-22(23)27-24(29)16-26-25(30)19-10-13-21(14-11-19)33(31,32)28-20-12-9-17(2)18(3)15-20/h5-15,28H,4,16H2,1-3H3,(H,26,30). The van der Waals surface area contributed by atoms with Crippen LogP contribution in [0.3, 0.4) is 0 Å². The van der Waals surface area contributed by atoms with Crippen LogP contribution in [-0.4, -0.2) is 23.9 Å². The molecule has 1 aromatic heterocycles. The first-order valence-electron chi connectivity index (χ1n) is 10.7. The zero-order valence-corrected chi connectivity index (χ0v) is 19.6. The number of amides is 1. The average molecular weight is 463 g/mol. The third-order valence-electron chi connectivity index (χ3n) is 5.64. The molecule has 0 bridgehead atoms. The highest BCUT2D eigenvalue weighted by molar-refractivity contribution is 7.92. The van der Waals surface area contributed by atoms with E-state index < -0.39 is 10.0 Å². The summed E-state index contributed by atoms with van der Waals surface area (Å²) in [5.41, 5.74) is 4.86. The van der Waals surface area contributed by atoms with Crippen molar-refractivity contribution in [3.8, 4) is 0 Å². The normalized spacial score (nSPS) is 11.5. The Morgan fingerprint density at radius 2 is 1.70 bits per heavy atom. The summed E-state index contributed by atoms with van der Waals surface area (Å²) >= 11 is 0. The molecule has 3 aromatic carbocycles. The van der Waals surface area contributed by atoms with Crippen LogP contribution in [0, 0.1) is 13.8 Å². The van der Waals surface area contributed by atoms with Gasteiger partial charge in [-0.3, -0.25) is 9.52 Å². The fourth-order valence-corrected chi connectivity index (χ4v) is 4.73. The number of aryl methyl sites for hydroxylation is 3. The van der Waals surface area contributed by atoms with Gasteiger partial charge in [0.1, 0.15) is 5.82 Å². The Hall–Kier alpha value is -3.65. The smallest absolute Gasteiger partial charge is 0.261 e. The molecule has 2 N–H and O–H groups in total. The summed E-state index contributed by atoms with van der Waals surface area (Å²) in [5.74, 6) is 0.472. The second-order valence-corrected chi connectivity index (χ2v) is 9.55. The number of carbonyl (C=O) groups is 1. The van der Waals surface area contributed by atoms with Crippen LogP contribution < -0.4 is 10.0 Å². The molecule has 170 valence electrons. The summed E-state index contributed by atoms with van der Waals surface area (Å²) in [5, 5.41) is 2.87. The number of benzene rings is 3. The first kappa shape index (κ1) is 22.5. The van der Waals surface area contributed by atoms with Gasteiger partial charge in [0.25, 0.3) is 15.9 Å². The number of fused-ring (bicyclic) bond motifs is 1. The van der Waals surface area contributed by atoms with E-state index in [4.69, 9.17) is 0 Å². The van der Waals surface area contributed by atoms with Crippen LogP contribution in [0.15, 0.2) is 71.6 Å². The molecule has 0 atom stereocenters. The van der Waals surface area contributed by atoms with Gasteiger partial charge in [-0.2, -0.15) is 0 Å². The van der Waals surface area contributed by atoms with E-state index >= 15 is 0 Å². The maximum Gasteiger partial charge on any atom is 0.261 e. The summed E-state index contributed by atoms with van der Waals surface area (Å²) in [6.45, 7) is 6.94. The van der Waals surface area contributed by atoms with E-state index in [9.17, 15) is 13.2 Å². The molecule has 4 rings (SSSR count). The number of hydrogen-bond donors (Lipinski definition) is 2. The molecule has 0 aliphatic rings. The Kier molecular flexibility index (Phi) is 6.20. The fourth-order valence-electron chi connectivity index (χ4n) is 3.68. The number of rotatable bonds is 7. The van der Waals surface area contributed by atoms with Crippen LogP contribution in [-0.2, 0) is 23.1 Å². The van der Waals surface area contributed by atoms with Gasteiger partial charge in [0, 0.05) is 17.8 Å². The first-order valence-corrected chi connectivity index (χ1v) is 12.2. The second kappa shape index (κ2) is 9.07. The molecule has 0 saturated heterocycles. The molecule has 0 aliphatic heterocycles. The predicted octanol–water partition coefficient (Wildman–Crippen LogP) is 4.40. The van der Waals surface area contributed by atoms with Crippen molar-refractivity contribution in [2.75, 3.05) is 4.72 Å². The van der Waals surface area contributed by atoms with E-state index in [1.807, 2.05) is 51.1 Å². The number of hydrogen-bond acceptors (Lipinski definition) is 4. The maximum absolute atomic E-state index is 12.7. The SMILES string of the molecule is CCn1c(CNC(=O)c2ccc(S(=O)(=O)Nc3ccc(C)c(C)c3)cc2)nc2ccccc21. The van der Waals surface area contributed by atoms with Crippen molar-refractivity contribution in [3.05, 3.63) is 89.2 Å². The largest absolute Gasteiger partial charge is 0.345 e. The molecule has 8 heteroatoms. The Morgan fingerprint density at radius 3 is 2.39 bits per heavy atom. The summed E-state index contributed by atoms with van der Waals surface area (Å²) in [4.78, 5) is 17.3. The van der Waals surface area contributed by atoms with Gasteiger partial charge in [-0.25, -0.2) is 13.4 Å². The molecule has 0 unspecified atom stereocenters. The summed E-state index contributed by atoms with van der Waals surface area (Å²) in [7, 11) is -3.76.